The predicted molar refractivity (Wildman–Crippen MR) is 65.8 cm³/mol. The lowest BCUT2D eigenvalue weighted by atomic mass is 9.81. The van der Waals surface area contributed by atoms with E-state index in [1.807, 2.05) is 0 Å². The molecule has 0 radical (unpaired) electrons. The fourth-order valence-corrected chi connectivity index (χ4v) is 4.23. The Kier molecular flexibility index (Phi) is 1.85. The van der Waals surface area contributed by atoms with Crippen molar-refractivity contribution in [2.45, 2.75) is 50.9 Å². The summed E-state index contributed by atoms with van der Waals surface area (Å²) in [5.74, 6) is 0.254. The zero-order chi connectivity index (χ0) is 12.7. The van der Waals surface area contributed by atoms with Crippen LogP contribution in [0.3, 0.4) is 0 Å². The first-order valence-electron chi connectivity index (χ1n) is 6.78. The van der Waals surface area contributed by atoms with Gasteiger partial charge in [0.05, 0.1) is 6.10 Å². The number of carbonyl (C=O) groups excluding carboxylic acids is 1. The summed E-state index contributed by atoms with van der Waals surface area (Å²) in [7, 11) is 0. The number of hydrogen-bond donors (Lipinski definition) is 0. The second-order valence-corrected chi connectivity index (χ2v) is 6.32. The molecule has 0 bridgehead atoms. The van der Waals surface area contributed by atoms with Gasteiger partial charge in [0.15, 0.2) is 0 Å². The van der Waals surface area contributed by atoms with Gasteiger partial charge < -0.3 is 9.47 Å². The number of carbonyl (C=O) groups is 1. The van der Waals surface area contributed by atoms with Gasteiger partial charge in [-0.2, -0.15) is 0 Å². The summed E-state index contributed by atoms with van der Waals surface area (Å²) in [6.07, 6.45) is 3.39. The molecule has 4 aliphatic rings. The smallest absolute Gasteiger partial charge is 0.334 e. The van der Waals surface area contributed by atoms with E-state index in [1.54, 1.807) is 0 Å². The van der Waals surface area contributed by atoms with Gasteiger partial charge in [-0.25, -0.2) is 4.79 Å². The Balaban J connectivity index is 1.81. The third-order valence-corrected chi connectivity index (χ3v) is 5.43. The van der Waals surface area contributed by atoms with E-state index in [2.05, 4.69) is 20.4 Å². The fourth-order valence-electron chi connectivity index (χ4n) is 4.23. The quantitative estimate of drug-likeness (QED) is 0.285. The first-order chi connectivity index (χ1) is 8.52. The van der Waals surface area contributed by atoms with Crippen LogP contribution >= 0.6 is 0 Å². The van der Waals surface area contributed by atoms with E-state index in [1.165, 1.54) is 11.1 Å². The minimum Gasteiger partial charge on any atom is -0.458 e. The van der Waals surface area contributed by atoms with Crippen molar-refractivity contribution in [1.82, 2.24) is 0 Å². The molecule has 18 heavy (non-hydrogen) atoms. The monoisotopic (exact) mass is 246 g/mol. The molecule has 3 nitrogen and oxygen atoms in total. The van der Waals surface area contributed by atoms with E-state index in [9.17, 15) is 4.79 Å². The van der Waals surface area contributed by atoms with Crippen LogP contribution in [0.2, 0.25) is 0 Å². The zero-order valence-corrected chi connectivity index (χ0v) is 10.9. The minimum atomic E-state index is -0.198. The highest BCUT2D eigenvalue weighted by molar-refractivity contribution is 5.91. The molecule has 0 aromatic carbocycles. The van der Waals surface area contributed by atoms with Crippen molar-refractivity contribution in [2.24, 2.45) is 11.8 Å². The van der Waals surface area contributed by atoms with Crippen LogP contribution in [0.15, 0.2) is 23.3 Å². The van der Waals surface area contributed by atoms with Crippen molar-refractivity contribution in [1.29, 1.82) is 0 Å². The average molecular weight is 246 g/mol. The Morgan fingerprint density at radius 3 is 3.00 bits per heavy atom. The first kappa shape index (κ1) is 10.8. The van der Waals surface area contributed by atoms with Crippen molar-refractivity contribution < 1.29 is 14.3 Å². The van der Waals surface area contributed by atoms with Gasteiger partial charge in [-0.3, -0.25) is 0 Å². The maximum Gasteiger partial charge on any atom is 0.334 e. The van der Waals surface area contributed by atoms with Crippen molar-refractivity contribution >= 4 is 5.97 Å². The third-order valence-electron chi connectivity index (χ3n) is 5.43. The summed E-state index contributed by atoms with van der Waals surface area (Å²) in [5, 5.41) is 0. The molecular formula is C15H18O3. The van der Waals surface area contributed by atoms with Gasteiger partial charge >= 0.3 is 5.97 Å². The molecule has 2 aliphatic heterocycles. The van der Waals surface area contributed by atoms with Gasteiger partial charge in [0.1, 0.15) is 11.7 Å². The number of hydrogen-bond acceptors (Lipinski definition) is 3. The number of rotatable bonds is 0. The molecule has 0 amide bonds. The molecule has 0 N–H and O–H groups in total. The predicted octanol–water partition coefficient (Wildman–Crippen LogP) is 2.37. The van der Waals surface area contributed by atoms with E-state index in [-0.39, 0.29) is 29.5 Å². The highest BCUT2D eigenvalue weighted by Gasteiger charge is 2.68. The van der Waals surface area contributed by atoms with Crippen LogP contribution in [0.25, 0.3) is 0 Å². The van der Waals surface area contributed by atoms with Gasteiger partial charge in [0, 0.05) is 17.4 Å². The molecule has 2 heterocycles. The van der Waals surface area contributed by atoms with Crippen LogP contribution in [-0.2, 0) is 14.3 Å². The largest absolute Gasteiger partial charge is 0.458 e. The summed E-state index contributed by atoms with van der Waals surface area (Å²) in [4.78, 5) is 11.8. The van der Waals surface area contributed by atoms with E-state index in [0.717, 1.165) is 19.3 Å². The van der Waals surface area contributed by atoms with Crippen LogP contribution in [0.5, 0.6) is 0 Å². The topological polar surface area (TPSA) is 38.8 Å². The zero-order valence-electron chi connectivity index (χ0n) is 10.9. The second-order valence-electron chi connectivity index (χ2n) is 6.32. The molecule has 96 valence electrons. The molecule has 0 aromatic heterocycles. The van der Waals surface area contributed by atoms with Gasteiger partial charge in [-0.15, -0.1) is 0 Å². The lowest BCUT2D eigenvalue weighted by molar-refractivity contribution is -0.141. The molecule has 3 fully saturated rings. The number of epoxide rings is 1. The molecule has 4 rings (SSSR count). The van der Waals surface area contributed by atoms with Gasteiger partial charge in [0.2, 0.25) is 0 Å². The molecular weight excluding hydrogens is 228 g/mol. The molecule has 1 saturated carbocycles. The maximum absolute atomic E-state index is 11.8. The molecule has 2 saturated heterocycles. The van der Waals surface area contributed by atoms with Gasteiger partial charge in [-0.05, 0) is 33.1 Å². The molecule has 5 atom stereocenters. The summed E-state index contributed by atoms with van der Waals surface area (Å²) in [6.45, 7) is 8.32. The second kappa shape index (κ2) is 3.08. The molecule has 3 heteroatoms. The van der Waals surface area contributed by atoms with Crippen molar-refractivity contribution in [2.75, 3.05) is 0 Å². The minimum absolute atomic E-state index is 0.0325. The number of allylic oxidation sites excluding steroid dienone is 1. The molecule has 0 spiro atoms. The van der Waals surface area contributed by atoms with Crippen LogP contribution in [0.4, 0.5) is 0 Å². The normalized spacial score (nSPS) is 49.4. The Bertz CT molecular complexity index is 504. The van der Waals surface area contributed by atoms with Gasteiger partial charge in [0.25, 0.3) is 0 Å². The summed E-state index contributed by atoms with van der Waals surface area (Å²) >= 11 is 0. The van der Waals surface area contributed by atoms with E-state index < -0.39 is 0 Å². The third kappa shape index (κ3) is 1.11. The van der Waals surface area contributed by atoms with Crippen molar-refractivity contribution in [3.8, 4) is 0 Å². The van der Waals surface area contributed by atoms with E-state index >= 15 is 0 Å². The van der Waals surface area contributed by atoms with Crippen LogP contribution in [0, 0.1) is 11.8 Å². The molecule has 0 aromatic rings. The van der Waals surface area contributed by atoms with Crippen molar-refractivity contribution in [3.63, 3.8) is 0 Å². The molecule has 2 unspecified atom stereocenters. The Morgan fingerprint density at radius 1 is 1.44 bits per heavy atom. The van der Waals surface area contributed by atoms with Crippen LogP contribution in [0.1, 0.15) is 33.1 Å². The molecule has 2 aliphatic carbocycles. The SMILES string of the molecule is C=C1C(=O)O[C@@H]2C3C(=C(C)CC[C@@H]12)CC1O[C@]13C. The number of fused-ring (bicyclic) bond motifs is 5. The maximum atomic E-state index is 11.8. The van der Waals surface area contributed by atoms with Crippen LogP contribution < -0.4 is 0 Å². The van der Waals surface area contributed by atoms with E-state index in [4.69, 9.17) is 9.47 Å². The van der Waals surface area contributed by atoms with Crippen molar-refractivity contribution in [3.05, 3.63) is 23.3 Å². The Morgan fingerprint density at radius 2 is 2.22 bits per heavy atom. The van der Waals surface area contributed by atoms with Crippen LogP contribution in [-0.4, -0.2) is 23.8 Å². The number of esters is 1. The fraction of sp³-hybridized carbons (Fsp3) is 0.667. The Labute approximate surface area is 107 Å². The van der Waals surface area contributed by atoms with Gasteiger partial charge in [-0.1, -0.05) is 17.7 Å². The highest BCUT2D eigenvalue weighted by Crippen LogP contribution is 2.61. The highest BCUT2D eigenvalue weighted by atomic mass is 16.6. The lowest BCUT2D eigenvalue weighted by Gasteiger charge is -2.27. The first-order valence-corrected chi connectivity index (χ1v) is 6.78. The standard InChI is InChI=1S/C15H18O3/c1-7-4-5-9-8(2)14(16)17-13(9)12-10(7)6-11-15(12,3)18-11/h9,11-13H,2,4-6H2,1,3H3/t9-,11?,12?,13-,15+/m0/s1. The number of ether oxygens (including phenoxy) is 2. The average Bonchev–Trinajstić information content (AvgIpc) is 2.82. The summed E-state index contributed by atoms with van der Waals surface area (Å²) < 4.78 is 11.5. The van der Waals surface area contributed by atoms with E-state index in [0.29, 0.717) is 11.7 Å². The Hall–Kier alpha value is -1.09. The summed E-state index contributed by atoms with van der Waals surface area (Å²) in [5.41, 5.74) is 3.55. The lowest BCUT2D eigenvalue weighted by Crippen LogP contribution is -2.34. The summed E-state index contributed by atoms with van der Waals surface area (Å²) in [6, 6.07) is 0.